The van der Waals surface area contributed by atoms with Crippen LogP contribution < -0.4 is 10.2 Å². The molecular weight excluding hydrogens is 248 g/mol. The van der Waals surface area contributed by atoms with Crippen LogP contribution in [0.1, 0.15) is 58.3 Å². The van der Waals surface area contributed by atoms with Crippen molar-refractivity contribution in [2.45, 2.75) is 53.9 Å². The van der Waals surface area contributed by atoms with Crippen molar-refractivity contribution in [3.05, 3.63) is 11.4 Å². The van der Waals surface area contributed by atoms with Gasteiger partial charge in [-0.15, -0.1) is 0 Å². The van der Waals surface area contributed by atoms with Crippen LogP contribution in [0.3, 0.4) is 0 Å². The third-order valence-electron chi connectivity index (χ3n) is 3.97. The molecule has 0 bridgehead atoms. The first-order valence-corrected chi connectivity index (χ1v) is 7.71. The number of nitrogens with zero attached hydrogens (tertiary/aromatic N) is 3. The van der Waals surface area contributed by atoms with Gasteiger partial charge < -0.3 is 10.2 Å². The Morgan fingerprint density at radius 3 is 2.50 bits per heavy atom. The molecule has 1 aromatic heterocycles. The van der Waals surface area contributed by atoms with Gasteiger partial charge in [0.05, 0.1) is 0 Å². The molecule has 112 valence electrons. The Morgan fingerprint density at radius 2 is 2.00 bits per heavy atom. The van der Waals surface area contributed by atoms with Crippen molar-refractivity contribution in [2.24, 2.45) is 5.41 Å². The molecule has 2 heterocycles. The Balaban J connectivity index is 2.40. The molecule has 0 aromatic carbocycles. The van der Waals surface area contributed by atoms with E-state index in [9.17, 15) is 0 Å². The van der Waals surface area contributed by atoms with Gasteiger partial charge in [0.2, 0.25) is 0 Å². The van der Waals surface area contributed by atoms with Gasteiger partial charge in [0.1, 0.15) is 17.5 Å². The summed E-state index contributed by atoms with van der Waals surface area (Å²) in [7, 11) is 0. The van der Waals surface area contributed by atoms with Gasteiger partial charge in [0, 0.05) is 31.1 Å². The highest BCUT2D eigenvalue weighted by molar-refractivity contribution is 5.59. The minimum Gasteiger partial charge on any atom is -0.370 e. The van der Waals surface area contributed by atoms with E-state index in [1.165, 1.54) is 12.0 Å². The van der Waals surface area contributed by atoms with Crippen LogP contribution in [0.15, 0.2) is 0 Å². The topological polar surface area (TPSA) is 41.1 Å². The zero-order valence-corrected chi connectivity index (χ0v) is 13.7. The van der Waals surface area contributed by atoms with Crippen molar-refractivity contribution >= 4 is 11.6 Å². The van der Waals surface area contributed by atoms with Gasteiger partial charge in [-0.3, -0.25) is 0 Å². The van der Waals surface area contributed by atoms with Crippen LogP contribution in [0.5, 0.6) is 0 Å². The van der Waals surface area contributed by atoms with Crippen LogP contribution in [0.25, 0.3) is 0 Å². The SMILES string of the molecule is CCNc1nc(C(C)C)nc(N2CCC(C)(C)C2)c1C. The maximum Gasteiger partial charge on any atom is 0.137 e. The molecule has 0 aliphatic carbocycles. The summed E-state index contributed by atoms with van der Waals surface area (Å²) in [5, 5.41) is 3.38. The van der Waals surface area contributed by atoms with Gasteiger partial charge in [-0.2, -0.15) is 0 Å². The predicted molar refractivity (Wildman–Crippen MR) is 85.6 cm³/mol. The van der Waals surface area contributed by atoms with Crippen molar-refractivity contribution in [3.63, 3.8) is 0 Å². The largest absolute Gasteiger partial charge is 0.370 e. The second kappa shape index (κ2) is 5.58. The summed E-state index contributed by atoms with van der Waals surface area (Å²) in [5.41, 5.74) is 1.56. The van der Waals surface area contributed by atoms with Gasteiger partial charge in [-0.25, -0.2) is 9.97 Å². The average molecular weight is 276 g/mol. The van der Waals surface area contributed by atoms with E-state index in [0.717, 1.165) is 37.1 Å². The Hall–Kier alpha value is -1.32. The summed E-state index contributed by atoms with van der Waals surface area (Å²) in [5.74, 6) is 3.39. The smallest absolute Gasteiger partial charge is 0.137 e. The Morgan fingerprint density at radius 1 is 1.30 bits per heavy atom. The fourth-order valence-electron chi connectivity index (χ4n) is 2.72. The zero-order chi connectivity index (χ0) is 14.9. The van der Waals surface area contributed by atoms with E-state index in [0.29, 0.717) is 11.3 Å². The Bertz CT molecular complexity index is 480. The molecule has 1 aliphatic heterocycles. The van der Waals surface area contributed by atoms with E-state index >= 15 is 0 Å². The number of anilines is 2. The highest BCUT2D eigenvalue weighted by Gasteiger charge is 2.31. The fraction of sp³-hybridized carbons (Fsp3) is 0.750. The van der Waals surface area contributed by atoms with E-state index in [4.69, 9.17) is 4.98 Å². The van der Waals surface area contributed by atoms with Crippen LogP contribution in [0.2, 0.25) is 0 Å². The molecule has 4 nitrogen and oxygen atoms in total. The van der Waals surface area contributed by atoms with Crippen molar-refractivity contribution in [1.82, 2.24) is 9.97 Å². The molecule has 0 unspecified atom stereocenters. The number of aromatic nitrogens is 2. The molecule has 1 aromatic rings. The van der Waals surface area contributed by atoms with Gasteiger partial charge in [0.15, 0.2) is 0 Å². The molecular formula is C16H28N4. The van der Waals surface area contributed by atoms with Crippen LogP contribution in [-0.4, -0.2) is 29.6 Å². The van der Waals surface area contributed by atoms with Crippen molar-refractivity contribution < 1.29 is 0 Å². The molecule has 0 amide bonds. The minimum absolute atomic E-state index is 0.349. The number of nitrogens with one attached hydrogen (secondary N) is 1. The summed E-state index contributed by atoms with van der Waals surface area (Å²) in [6.45, 7) is 16.3. The number of rotatable bonds is 4. The first kappa shape index (κ1) is 15.1. The summed E-state index contributed by atoms with van der Waals surface area (Å²) in [4.78, 5) is 11.9. The van der Waals surface area contributed by atoms with E-state index in [1.54, 1.807) is 0 Å². The highest BCUT2D eigenvalue weighted by Crippen LogP contribution is 2.35. The third kappa shape index (κ3) is 3.05. The maximum absolute atomic E-state index is 4.84. The maximum atomic E-state index is 4.84. The summed E-state index contributed by atoms with van der Waals surface area (Å²) < 4.78 is 0. The van der Waals surface area contributed by atoms with Gasteiger partial charge in [-0.1, -0.05) is 27.7 Å². The summed E-state index contributed by atoms with van der Waals surface area (Å²) in [6.07, 6.45) is 1.23. The standard InChI is InChI=1S/C16H28N4/c1-7-17-14-12(4)15(19-13(18-14)11(2)3)20-9-8-16(5,6)10-20/h11H,7-10H2,1-6H3,(H,17,18,19). The summed E-state index contributed by atoms with van der Waals surface area (Å²) in [6, 6.07) is 0. The molecule has 1 fully saturated rings. The van der Waals surface area contributed by atoms with Gasteiger partial charge in [-0.05, 0) is 25.7 Å². The monoisotopic (exact) mass is 276 g/mol. The molecule has 0 atom stereocenters. The lowest BCUT2D eigenvalue weighted by molar-refractivity contribution is 0.418. The van der Waals surface area contributed by atoms with Crippen molar-refractivity contribution in [1.29, 1.82) is 0 Å². The van der Waals surface area contributed by atoms with E-state index < -0.39 is 0 Å². The quantitative estimate of drug-likeness (QED) is 0.912. The second-order valence-electron chi connectivity index (χ2n) is 6.90. The predicted octanol–water partition coefficient (Wildman–Crippen LogP) is 3.58. The number of hydrogen-bond donors (Lipinski definition) is 1. The van der Waals surface area contributed by atoms with Crippen LogP contribution >= 0.6 is 0 Å². The minimum atomic E-state index is 0.349. The van der Waals surface area contributed by atoms with E-state index in [2.05, 4.69) is 56.7 Å². The average Bonchev–Trinajstić information content (AvgIpc) is 2.72. The molecule has 20 heavy (non-hydrogen) atoms. The van der Waals surface area contributed by atoms with E-state index in [1.807, 2.05) is 0 Å². The van der Waals surface area contributed by atoms with Crippen LogP contribution in [0.4, 0.5) is 11.6 Å². The molecule has 2 rings (SSSR count). The second-order valence-corrected chi connectivity index (χ2v) is 6.90. The molecule has 1 aliphatic rings. The third-order valence-corrected chi connectivity index (χ3v) is 3.97. The molecule has 1 N–H and O–H groups in total. The van der Waals surface area contributed by atoms with Crippen molar-refractivity contribution in [3.8, 4) is 0 Å². The lowest BCUT2D eigenvalue weighted by Crippen LogP contribution is -2.25. The molecule has 0 radical (unpaired) electrons. The Kier molecular flexibility index (Phi) is 4.21. The van der Waals surface area contributed by atoms with Gasteiger partial charge in [0.25, 0.3) is 0 Å². The Labute approximate surface area is 123 Å². The molecule has 0 saturated carbocycles. The molecule has 4 heteroatoms. The fourth-order valence-corrected chi connectivity index (χ4v) is 2.72. The molecule has 1 saturated heterocycles. The van der Waals surface area contributed by atoms with Crippen LogP contribution in [0, 0.1) is 12.3 Å². The van der Waals surface area contributed by atoms with Crippen molar-refractivity contribution in [2.75, 3.05) is 29.9 Å². The normalized spacial score (nSPS) is 17.9. The first-order chi connectivity index (χ1) is 9.34. The highest BCUT2D eigenvalue weighted by atomic mass is 15.2. The number of hydrogen-bond acceptors (Lipinski definition) is 4. The summed E-state index contributed by atoms with van der Waals surface area (Å²) >= 11 is 0. The van der Waals surface area contributed by atoms with Crippen LogP contribution in [-0.2, 0) is 0 Å². The lowest BCUT2D eigenvalue weighted by Gasteiger charge is -2.24. The lowest BCUT2D eigenvalue weighted by atomic mass is 9.93. The zero-order valence-electron chi connectivity index (χ0n) is 13.7. The molecule has 0 spiro atoms. The first-order valence-electron chi connectivity index (χ1n) is 7.71. The van der Waals surface area contributed by atoms with E-state index in [-0.39, 0.29) is 0 Å². The van der Waals surface area contributed by atoms with Gasteiger partial charge >= 0.3 is 0 Å².